The molecule has 2 heterocycles. The molecule has 0 unspecified atom stereocenters. The van der Waals surface area contributed by atoms with Gasteiger partial charge >= 0.3 is 0 Å². The lowest BCUT2D eigenvalue weighted by Crippen LogP contribution is -2.26. The summed E-state index contributed by atoms with van der Waals surface area (Å²) in [5.41, 5.74) is 1.13. The molecule has 0 radical (unpaired) electrons. The van der Waals surface area contributed by atoms with Crippen LogP contribution >= 0.6 is 22.9 Å². The SMILES string of the molecule is CC(=O)NCCNc1nc(Cl)c2c(C)c(C)sc2n1. The van der Waals surface area contributed by atoms with Crippen molar-refractivity contribution >= 4 is 45.0 Å². The first-order valence-corrected chi connectivity index (χ1v) is 7.10. The monoisotopic (exact) mass is 298 g/mol. The molecule has 0 aromatic carbocycles. The normalized spacial score (nSPS) is 10.7. The topological polar surface area (TPSA) is 66.9 Å². The Morgan fingerprint density at radius 3 is 2.74 bits per heavy atom. The van der Waals surface area contributed by atoms with E-state index in [4.69, 9.17) is 11.6 Å². The van der Waals surface area contributed by atoms with Crippen LogP contribution in [-0.4, -0.2) is 29.0 Å². The highest BCUT2D eigenvalue weighted by Gasteiger charge is 2.12. The van der Waals surface area contributed by atoms with Gasteiger partial charge in [0.25, 0.3) is 0 Å². The van der Waals surface area contributed by atoms with Gasteiger partial charge in [0.15, 0.2) is 0 Å². The highest BCUT2D eigenvalue weighted by Crippen LogP contribution is 2.33. The molecule has 19 heavy (non-hydrogen) atoms. The quantitative estimate of drug-likeness (QED) is 0.672. The van der Waals surface area contributed by atoms with Crippen molar-refractivity contribution in [3.8, 4) is 0 Å². The number of amides is 1. The van der Waals surface area contributed by atoms with Crippen molar-refractivity contribution in [3.63, 3.8) is 0 Å². The highest BCUT2D eigenvalue weighted by molar-refractivity contribution is 7.18. The number of aromatic nitrogens is 2. The molecule has 7 heteroatoms. The first-order chi connectivity index (χ1) is 8.99. The number of nitrogens with zero attached hydrogens (tertiary/aromatic N) is 2. The van der Waals surface area contributed by atoms with Gasteiger partial charge in [-0.05, 0) is 19.4 Å². The molecule has 0 bridgehead atoms. The number of aryl methyl sites for hydroxylation is 2. The number of nitrogens with one attached hydrogen (secondary N) is 2. The molecular weight excluding hydrogens is 284 g/mol. The zero-order valence-electron chi connectivity index (χ0n) is 11.0. The third kappa shape index (κ3) is 3.13. The number of carbonyl (C=O) groups excluding carboxylic acids is 1. The molecule has 0 saturated carbocycles. The van der Waals surface area contributed by atoms with E-state index in [-0.39, 0.29) is 5.91 Å². The largest absolute Gasteiger partial charge is 0.355 e. The number of rotatable bonds is 4. The van der Waals surface area contributed by atoms with Gasteiger partial charge in [0.1, 0.15) is 9.98 Å². The fourth-order valence-corrected chi connectivity index (χ4v) is 3.09. The van der Waals surface area contributed by atoms with Gasteiger partial charge in [-0.3, -0.25) is 4.79 Å². The van der Waals surface area contributed by atoms with Crippen LogP contribution in [0.15, 0.2) is 0 Å². The van der Waals surface area contributed by atoms with Crippen LogP contribution in [0.4, 0.5) is 5.95 Å². The van der Waals surface area contributed by atoms with Crippen molar-refractivity contribution in [3.05, 3.63) is 15.6 Å². The average molecular weight is 299 g/mol. The van der Waals surface area contributed by atoms with Crippen LogP contribution in [0.25, 0.3) is 10.2 Å². The van der Waals surface area contributed by atoms with Gasteiger partial charge in [0.05, 0.1) is 5.39 Å². The molecule has 2 aromatic heterocycles. The molecule has 0 fully saturated rings. The minimum absolute atomic E-state index is 0.0549. The minimum Gasteiger partial charge on any atom is -0.355 e. The summed E-state index contributed by atoms with van der Waals surface area (Å²) < 4.78 is 0. The second kappa shape index (κ2) is 5.71. The number of halogens is 1. The van der Waals surface area contributed by atoms with Gasteiger partial charge in [0, 0.05) is 24.9 Å². The van der Waals surface area contributed by atoms with E-state index in [9.17, 15) is 4.79 Å². The fourth-order valence-electron chi connectivity index (χ4n) is 1.69. The maximum absolute atomic E-state index is 10.7. The van der Waals surface area contributed by atoms with Crippen molar-refractivity contribution < 1.29 is 4.79 Å². The Bertz CT molecular complexity index is 626. The maximum Gasteiger partial charge on any atom is 0.225 e. The van der Waals surface area contributed by atoms with E-state index in [2.05, 4.69) is 20.6 Å². The van der Waals surface area contributed by atoms with Crippen molar-refractivity contribution in [2.45, 2.75) is 20.8 Å². The van der Waals surface area contributed by atoms with E-state index in [0.717, 1.165) is 15.8 Å². The maximum atomic E-state index is 10.7. The summed E-state index contributed by atoms with van der Waals surface area (Å²) in [7, 11) is 0. The lowest BCUT2D eigenvalue weighted by atomic mass is 10.2. The summed E-state index contributed by atoms with van der Waals surface area (Å²) >= 11 is 7.80. The molecule has 0 aliphatic carbocycles. The third-order valence-corrected chi connectivity index (χ3v) is 4.14. The lowest BCUT2D eigenvalue weighted by Gasteiger charge is -2.06. The molecule has 102 valence electrons. The van der Waals surface area contributed by atoms with E-state index in [1.54, 1.807) is 11.3 Å². The average Bonchev–Trinajstić information content (AvgIpc) is 2.61. The number of hydrogen-bond acceptors (Lipinski definition) is 5. The summed E-state index contributed by atoms with van der Waals surface area (Å²) in [6, 6.07) is 0. The van der Waals surface area contributed by atoms with Crippen LogP contribution in [0.1, 0.15) is 17.4 Å². The summed E-state index contributed by atoms with van der Waals surface area (Å²) in [6.07, 6.45) is 0. The van der Waals surface area contributed by atoms with Crippen LogP contribution in [0, 0.1) is 13.8 Å². The lowest BCUT2D eigenvalue weighted by molar-refractivity contribution is -0.118. The molecule has 0 spiro atoms. The first-order valence-electron chi connectivity index (χ1n) is 5.90. The highest BCUT2D eigenvalue weighted by atomic mass is 35.5. The Balaban J connectivity index is 2.15. The molecule has 2 N–H and O–H groups in total. The molecule has 2 aromatic rings. The zero-order chi connectivity index (χ0) is 14.0. The molecular formula is C12H15ClN4OS. The standard InChI is InChI=1S/C12H15ClN4OS/c1-6-7(2)19-11-9(6)10(13)16-12(17-11)15-5-4-14-8(3)18/h4-5H2,1-3H3,(H,14,18)(H,15,16,17). The number of thiophene rings is 1. The number of anilines is 1. The second-order valence-electron chi connectivity index (χ2n) is 4.21. The van der Waals surface area contributed by atoms with Crippen LogP contribution in [0.3, 0.4) is 0 Å². The van der Waals surface area contributed by atoms with Gasteiger partial charge in [-0.1, -0.05) is 11.6 Å². The van der Waals surface area contributed by atoms with E-state index < -0.39 is 0 Å². The Morgan fingerprint density at radius 2 is 2.05 bits per heavy atom. The molecule has 0 saturated heterocycles. The van der Waals surface area contributed by atoms with E-state index in [1.807, 2.05) is 13.8 Å². The van der Waals surface area contributed by atoms with Crippen molar-refractivity contribution in [1.29, 1.82) is 0 Å². The number of fused-ring (bicyclic) bond motifs is 1. The Morgan fingerprint density at radius 1 is 1.32 bits per heavy atom. The van der Waals surface area contributed by atoms with Gasteiger partial charge < -0.3 is 10.6 Å². The van der Waals surface area contributed by atoms with E-state index in [0.29, 0.717) is 24.2 Å². The van der Waals surface area contributed by atoms with Crippen molar-refractivity contribution in [2.75, 3.05) is 18.4 Å². The Kier molecular flexibility index (Phi) is 4.21. The minimum atomic E-state index is -0.0549. The van der Waals surface area contributed by atoms with Crippen molar-refractivity contribution in [2.24, 2.45) is 0 Å². The molecule has 2 rings (SSSR count). The summed E-state index contributed by atoms with van der Waals surface area (Å²) in [4.78, 5) is 21.5. The Hall–Kier alpha value is -1.40. The fraction of sp³-hybridized carbons (Fsp3) is 0.417. The summed E-state index contributed by atoms with van der Waals surface area (Å²) in [5, 5.41) is 7.13. The van der Waals surface area contributed by atoms with Crippen LogP contribution in [-0.2, 0) is 4.79 Å². The number of carbonyl (C=O) groups is 1. The zero-order valence-corrected chi connectivity index (χ0v) is 12.6. The van der Waals surface area contributed by atoms with Gasteiger partial charge in [0.2, 0.25) is 11.9 Å². The van der Waals surface area contributed by atoms with Gasteiger partial charge in [-0.2, -0.15) is 0 Å². The van der Waals surface area contributed by atoms with Crippen LogP contribution < -0.4 is 10.6 Å². The molecule has 0 aliphatic heterocycles. The number of hydrogen-bond donors (Lipinski definition) is 2. The Labute approximate surface area is 120 Å². The van der Waals surface area contributed by atoms with Crippen LogP contribution in [0.5, 0.6) is 0 Å². The van der Waals surface area contributed by atoms with Crippen LogP contribution in [0.2, 0.25) is 5.15 Å². The second-order valence-corrected chi connectivity index (χ2v) is 5.77. The van der Waals surface area contributed by atoms with E-state index >= 15 is 0 Å². The predicted molar refractivity (Wildman–Crippen MR) is 79.1 cm³/mol. The third-order valence-electron chi connectivity index (χ3n) is 2.77. The summed E-state index contributed by atoms with van der Waals surface area (Å²) in [6.45, 7) is 6.63. The molecule has 0 aliphatic rings. The predicted octanol–water partition coefficient (Wildman–Crippen LogP) is 2.51. The smallest absolute Gasteiger partial charge is 0.225 e. The molecule has 1 amide bonds. The first kappa shape index (κ1) is 14.0. The van der Waals surface area contributed by atoms with Crippen molar-refractivity contribution in [1.82, 2.24) is 15.3 Å². The van der Waals surface area contributed by atoms with E-state index in [1.165, 1.54) is 11.8 Å². The molecule has 5 nitrogen and oxygen atoms in total. The van der Waals surface area contributed by atoms with Gasteiger partial charge in [-0.25, -0.2) is 9.97 Å². The summed E-state index contributed by atoms with van der Waals surface area (Å²) in [5.74, 6) is 0.435. The van der Waals surface area contributed by atoms with Gasteiger partial charge in [-0.15, -0.1) is 11.3 Å². The molecule has 0 atom stereocenters.